The van der Waals surface area contributed by atoms with E-state index in [1.54, 1.807) is 4.90 Å². The number of hydrogen-bond donors (Lipinski definition) is 2. The van der Waals surface area contributed by atoms with Crippen molar-refractivity contribution in [3.8, 4) is 0 Å². The Kier molecular flexibility index (Phi) is 3.60. The van der Waals surface area contributed by atoms with Crippen molar-refractivity contribution >= 4 is 29.6 Å². The zero-order valence-electron chi connectivity index (χ0n) is 9.98. The van der Waals surface area contributed by atoms with Crippen LogP contribution in [-0.4, -0.2) is 65.4 Å². The van der Waals surface area contributed by atoms with Gasteiger partial charge < -0.3 is 15.1 Å². The smallest absolute Gasteiger partial charge is 0.324 e. The van der Waals surface area contributed by atoms with Crippen LogP contribution in [0.1, 0.15) is 6.92 Å². The zero-order valence-corrected chi connectivity index (χ0v) is 10.7. The van der Waals surface area contributed by atoms with Gasteiger partial charge in [0.15, 0.2) is 0 Å². The van der Waals surface area contributed by atoms with Gasteiger partial charge in [0, 0.05) is 26.2 Å². The quantitative estimate of drug-likeness (QED) is 0.636. The van der Waals surface area contributed by atoms with Gasteiger partial charge in [-0.15, -0.1) is 11.6 Å². The number of imide groups is 1. The van der Waals surface area contributed by atoms with Gasteiger partial charge in [0.05, 0.1) is 6.04 Å². The zero-order chi connectivity index (χ0) is 13.3. The Morgan fingerprint density at radius 2 is 2.22 bits per heavy atom. The van der Waals surface area contributed by atoms with Crippen LogP contribution < -0.4 is 10.6 Å². The average molecular weight is 275 g/mol. The van der Waals surface area contributed by atoms with Gasteiger partial charge in [-0.3, -0.25) is 10.1 Å². The molecule has 2 rings (SSSR count). The van der Waals surface area contributed by atoms with E-state index in [1.165, 1.54) is 11.8 Å². The number of amides is 5. The van der Waals surface area contributed by atoms with Crippen LogP contribution in [0, 0.1) is 0 Å². The maximum atomic E-state index is 11.8. The molecular formula is C10H15ClN4O3. The van der Waals surface area contributed by atoms with E-state index >= 15 is 0 Å². The monoisotopic (exact) mass is 274 g/mol. The maximum absolute atomic E-state index is 11.8. The lowest BCUT2D eigenvalue weighted by Gasteiger charge is -2.36. The standard InChI is InChI=1S/C10H15ClN4O3/c1-6(11)8(16)13-10(18)14-2-3-15-7(5-14)4-12-9(15)17/h6-7H,2-5H2,1H3,(H,12,17)(H,13,16,18). The molecule has 2 unspecified atom stereocenters. The molecule has 2 heterocycles. The summed E-state index contributed by atoms with van der Waals surface area (Å²) in [6.07, 6.45) is 0. The van der Waals surface area contributed by atoms with Crippen molar-refractivity contribution in [2.75, 3.05) is 26.2 Å². The van der Waals surface area contributed by atoms with E-state index < -0.39 is 17.3 Å². The first-order chi connectivity index (χ1) is 8.49. The van der Waals surface area contributed by atoms with Gasteiger partial charge in [-0.05, 0) is 6.92 Å². The molecule has 2 aliphatic heterocycles. The molecule has 2 fully saturated rings. The second kappa shape index (κ2) is 5.01. The molecule has 0 aromatic heterocycles. The highest BCUT2D eigenvalue weighted by Crippen LogP contribution is 2.14. The molecule has 2 aliphatic rings. The lowest BCUT2D eigenvalue weighted by Crippen LogP contribution is -2.57. The van der Waals surface area contributed by atoms with Crippen LogP contribution in [0.3, 0.4) is 0 Å². The molecule has 2 N–H and O–H groups in total. The van der Waals surface area contributed by atoms with Crippen molar-refractivity contribution in [2.24, 2.45) is 0 Å². The summed E-state index contributed by atoms with van der Waals surface area (Å²) < 4.78 is 0. The summed E-state index contributed by atoms with van der Waals surface area (Å²) in [7, 11) is 0. The molecule has 2 saturated heterocycles. The predicted molar refractivity (Wildman–Crippen MR) is 64.3 cm³/mol. The molecule has 7 nitrogen and oxygen atoms in total. The fraction of sp³-hybridized carbons (Fsp3) is 0.700. The average Bonchev–Trinajstić information content (AvgIpc) is 2.70. The Morgan fingerprint density at radius 3 is 2.89 bits per heavy atom. The third kappa shape index (κ3) is 2.50. The normalized spacial score (nSPS) is 24.3. The van der Waals surface area contributed by atoms with E-state index in [4.69, 9.17) is 11.6 Å². The maximum Gasteiger partial charge on any atom is 0.324 e. The SMILES string of the molecule is CC(Cl)C(=O)NC(=O)N1CCN2C(=O)NCC2C1. The number of carbonyl (C=O) groups is 3. The number of rotatable bonds is 1. The first-order valence-electron chi connectivity index (χ1n) is 5.77. The van der Waals surface area contributed by atoms with Crippen molar-refractivity contribution in [2.45, 2.75) is 18.3 Å². The first kappa shape index (κ1) is 12.9. The van der Waals surface area contributed by atoms with Crippen molar-refractivity contribution in [1.29, 1.82) is 0 Å². The molecule has 0 spiro atoms. The van der Waals surface area contributed by atoms with Gasteiger partial charge in [0.1, 0.15) is 5.38 Å². The van der Waals surface area contributed by atoms with Crippen LogP contribution in [0.15, 0.2) is 0 Å². The van der Waals surface area contributed by atoms with Gasteiger partial charge in [0.25, 0.3) is 0 Å². The van der Waals surface area contributed by atoms with E-state index in [0.29, 0.717) is 26.2 Å². The largest absolute Gasteiger partial charge is 0.336 e. The Bertz CT molecular complexity index is 387. The van der Waals surface area contributed by atoms with Crippen LogP contribution in [0.5, 0.6) is 0 Å². The van der Waals surface area contributed by atoms with Gasteiger partial charge in [-0.1, -0.05) is 0 Å². The number of nitrogens with zero attached hydrogens (tertiary/aromatic N) is 2. The number of piperazine rings is 1. The van der Waals surface area contributed by atoms with Crippen molar-refractivity contribution < 1.29 is 14.4 Å². The number of alkyl halides is 1. The van der Waals surface area contributed by atoms with Crippen molar-refractivity contribution in [3.05, 3.63) is 0 Å². The molecular weight excluding hydrogens is 260 g/mol. The molecule has 100 valence electrons. The Labute approximate surface area is 109 Å². The summed E-state index contributed by atoms with van der Waals surface area (Å²) in [5.74, 6) is -0.510. The van der Waals surface area contributed by atoms with E-state index in [0.717, 1.165) is 0 Å². The van der Waals surface area contributed by atoms with Gasteiger partial charge in [-0.2, -0.15) is 0 Å². The number of carbonyl (C=O) groups excluding carboxylic acids is 3. The predicted octanol–water partition coefficient (Wildman–Crippen LogP) is -0.441. The lowest BCUT2D eigenvalue weighted by atomic mass is 10.2. The van der Waals surface area contributed by atoms with Crippen LogP contribution in [0.4, 0.5) is 9.59 Å². The Balaban J connectivity index is 1.90. The van der Waals surface area contributed by atoms with Gasteiger partial charge in [0.2, 0.25) is 5.91 Å². The summed E-state index contributed by atoms with van der Waals surface area (Å²) in [5.41, 5.74) is 0. The highest BCUT2D eigenvalue weighted by Gasteiger charge is 2.37. The summed E-state index contributed by atoms with van der Waals surface area (Å²) in [5, 5.41) is 4.21. The lowest BCUT2D eigenvalue weighted by molar-refractivity contribution is -0.119. The molecule has 5 amide bonds. The highest BCUT2D eigenvalue weighted by atomic mass is 35.5. The van der Waals surface area contributed by atoms with E-state index in [-0.39, 0.29) is 12.1 Å². The summed E-state index contributed by atoms with van der Waals surface area (Å²) in [6.45, 7) is 3.35. The molecule has 8 heteroatoms. The van der Waals surface area contributed by atoms with E-state index in [9.17, 15) is 14.4 Å². The minimum absolute atomic E-state index is 0.0134. The summed E-state index contributed by atoms with van der Waals surface area (Å²) in [4.78, 5) is 37.7. The van der Waals surface area contributed by atoms with Crippen LogP contribution in [0.2, 0.25) is 0 Å². The molecule has 18 heavy (non-hydrogen) atoms. The Hall–Kier alpha value is -1.50. The van der Waals surface area contributed by atoms with Crippen molar-refractivity contribution in [1.82, 2.24) is 20.4 Å². The number of halogens is 1. The van der Waals surface area contributed by atoms with Gasteiger partial charge >= 0.3 is 12.1 Å². The second-order valence-corrected chi connectivity index (χ2v) is 5.04. The van der Waals surface area contributed by atoms with Crippen molar-refractivity contribution in [3.63, 3.8) is 0 Å². The van der Waals surface area contributed by atoms with Crippen LogP contribution in [0.25, 0.3) is 0 Å². The van der Waals surface area contributed by atoms with Crippen LogP contribution in [-0.2, 0) is 4.79 Å². The topological polar surface area (TPSA) is 81.8 Å². The molecule has 0 bridgehead atoms. The highest BCUT2D eigenvalue weighted by molar-refractivity contribution is 6.31. The van der Waals surface area contributed by atoms with Crippen LogP contribution >= 0.6 is 11.6 Å². The minimum Gasteiger partial charge on any atom is -0.336 e. The van der Waals surface area contributed by atoms with E-state index in [1.807, 2.05) is 0 Å². The first-order valence-corrected chi connectivity index (χ1v) is 6.21. The molecule has 0 aromatic carbocycles. The molecule has 0 aromatic rings. The molecule has 0 aliphatic carbocycles. The minimum atomic E-state index is -0.745. The fourth-order valence-corrected chi connectivity index (χ4v) is 2.13. The number of hydrogen-bond acceptors (Lipinski definition) is 3. The second-order valence-electron chi connectivity index (χ2n) is 4.39. The molecule has 0 radical (unpaired) electrons. The molecule has 2 atom stereocenters. The number of nitrogens with one attached hydrogen (secondary N) is 2. The third-order valence-electron chi connectivity index (χ3n) is 3.11. The number of urea groups is 2. The summed E-state index contributed by atoms with van der Waals surface area (Å²) in [6, 6.07) is -0.558. The molecule has 0 saturated carbocycles. The Morgan fingerprint density at radius 1 is 1.50 bits per heavy atom. The number of fused-ring (bicyclic) bond motifs is 1. The third-order valence-corrected chi connectivity index (χ3v) is 3.31. The summed E-state index contributed by atoms with van der Waals surface area (Å²) >= 11 is 5.57. The fourth-order valence-electron chi connectivity index (χ4n) is 2.07. The van der Waals surface area contributed by atoms with E-state index in [2.05, 4.69) is 10.6 Å². The van der Waals surface area contributed by atoms with Gasteiger partial charge in [-0.25, -0.2) is 9.59 Å².